The molecule has 1 aliphatic carbocycles. The standard InChI is InChI=1S/C14H26N2OS/c1-4-7-11-13(17)16(12(5-2)15-11)10-14(18-3)8-6-9-14/h11-12,15H,4-10H2,1-3H3. The molecule has 2 rings (SSSR count). The Kier molecular flexibility index (Phi) is 4.59. The van der Waals surface area contributed by atoms with Crippen LogP contribution < -0.4 is 5.32 Å². The summed E-state index contributed by atoms with van der Waals surface area (Å²) in [5, 5.41) is 3.50. The van der Waals surface area contributed by atoms with Crippen LogP contribution in [-0.4, -0.2) is 40.6 Å². The molecule has 0 aromatic carbocycles. The fourth-order valence-electron chi connectivity index (χ4n) is 3.08. The summed E-state index contributed by atoms with van der Waals surface area (Å²) < 4.78 is 0.353. The van der Waals surface area contributed by atoms with Gasteiger partial charge in [-0.2, -0.15) is 11.8 Å². The molecule has 2 aliphatic rings. The highest BCUT2D eigenvalue weighted by Crippen LogP contribution is 2.44. The number of thioether (sulfide) groups is 1. The van der Waals surface area contributed by atoms with Gasteiger partial charge in [0, 0.05) is 11.3 Å². The van der Waals surface area contributed by atoms with E-state index in [4.69, 9.17) is 0 Å². The minimum atomic E-state index is 0.0685. The van der Waals surface area contributed by atoms with Crippen molar-refractivity contribution in [2.45, 2.75) is 69.3 Å². The van der Waals surface area contributed by atoms with Crippen molar-refractivity contribution in [2.24, 2.45) is 0 Å². The number of nitrogens with one attached hydrogen (secondary N) is 1. The molecule has 0 aromatic rings. The highest BCUT2D eigenvalue weighted by Gasteiger charge is 2.44. The first-order valence-corrected chi connectivity index (χ1v) is 8.50. The van der Waals surface area contributed by atoms with E-state index in [1.54, 1.807) is 0 Å². The van der Waals surface area contributed by atoms with Gasteiger partial charge in [-0.3, -0.25) is 10.1 Å². The number of hydrogen-bond acceptors (Lipinski definition) is 3. The number of hydrogen-bond donors (Lipinski definition) is 1. The zero-order chi connectivity index (χ0) is 13.2. The third-order valence-electron chi connectivity index (χ3n) is 4.47. The molecule has 1 saturated heterocycles. The quantitative estimate of drug-likeness (QED) is 0.805. The van der Waals surface area contributed by atoms with Crippen molar-refractivity contribution in [3.8, 4) is 0 Å². The van der Waals surface area contributed by atoms with Gasteiger partial charge in [-0.1, -0.05) is 26.7 Å². The summed E-state index contributed by atoms with van der Waals surface area (Å²) in [6, 6.07) is 0.0685. The first kappa shape index (κ1) is 14.2. The van der Waals surface area contributed by atoms with Crippen LogP contribution in [-0.2, 0) is 4.79 Å². The molecular formula is C14H26N2OS. The van der Waals surface area contributed by atoms with Gasteiger partial charge in [-0.25, -0.2) is 0 Å². The predicted molar refractivity (Wildman–Crippen MR) is 77.7 cm³/mol. The van der Waals surface area contributed by atoms with Crippen molar-refractivity contribution >= 4 is 17.7 Å². The summed E-state index contributed by atoms with van der Waals surface area (Å²) in [5.74, 6) is 0.337. The molecular weight excluding hydrogens is 244 g/mol. The molecule has 1 amide bonds. The smallest absolute Gasteiger partial charge is 0.241 e. The maximum atomic E-state index is 12.5. The summed E-state index contributed by atoms with van der Waals surface area (Å²) in [6.45, 7) is 5.26. The van der Waals surface area contributed by atoms with Crippen molar-refractivity contribution in [1.82, 2.24) is 10.2 Å². The average molecular weight is 270 g/mol. The first-order chi connectivity index (χ1) is 8.65. The van der Waals surface area contributed by atoms with E-state index in [9.17, 15) is 4.79 Å². The Morgan fingerprint density at radius 3 is 2.61 bits per heavy atom. The van der Waals surface area contributed by atoms with E-state index in [0.29, 0.717) is 10.7 Å². The van der Waals surface area contributed by atoms with Crippen LogP contribution in [0.1, 0.15) is 52.4 Å². The second-order valence-corrected chi connectivity index (χ2v) is 6.91. The molecule has 0 spiro atoms. The molecule has 2 atom stereocenters. The lowest BCUT2D eigenvalue weighted by Crippen LogP contribution is -2.49. The summed E-state index contributed by atoms with van der Waals surface area (Å²) >= 11 is 1.95. The van der Waals surface area contributed by atoms with Crippen LogP contribution in [0.25, 0.3) is 0 Å². The van der Waals surface area contributed by atoms with Crippen LogP contribution in [0.4, 0.5) is 0 Å². The minimum Gasteiger partial charge on any atom is -0.324 e. The van der Waals surface area contributed by atoms with Gasteiger partial charge >= 0.3 is 0 Å². The second kappa shape index (κ2) is 5.83. The number of rotatable bonds is 6. The van der Waals surface area contributed by atoms with Crippen LogP contribution in [0.2, 0.25) is 0 Å². The molecule has 1 N–H and O–H groups in total. The maximum absolute atomic E-state index is 12.5. The van der Waals surface area contributed by atoms with Gasteiger partial charge in [0.25, 0.3) is 0 Å². The Morgan fingerprint density at radius 1 is 1.44 bits per heavy atom. The molecule has 0 radical (unpaired) electrons. The van der Waals surface area contributed by atoms with E-state index in [-0.39, 0.29) is 12.2 Å². The monoisotopic (exact) mass is 270 g/mol. The molecule has 0 bridgehead atoms. The molecule has 4 heteroatoms. The van der Waals surface area contributed by atoms with Crippen LogP contribution in [0.15, 0.2) is 0 Å². The first-order valence-electron chi connectivity index (χ1n) is 7.27. The molecule has 2 unspecified atom stereocenters. The van der Waals surface area contributed by atoms with E-state index in [2.05, 4.69) is 30.3 Å². The molecule has 3 nitrogen and oxygen atoms in total. The maximum Gasteiger partial charge on any atom is 0.241 e. The molecule has 1 saturated carbocycles. The van der Waals surface area contributed by atoms with Crippen LogP contribution in [0.5, 0.6) is 0 Å². The van der Waals surface area contributed by atoms with Crippen molar-refractivity contribution in [3.05, 3.63) is 0 Å². The van der Waals surface area contributed by atoms with E-state index in [0.717, 1.165) is 25.8 Å². The normalized spacial score (nSPS) is 30.6. The zero-order valence-corrected chi connectivity index (χ0v) is 12.7. The molecule has 104 valence electrons. The molecule has 1 aliphatic heterocycles. The number of amides is 1. The molecule has 2 fully saturated rings. The van der Waals surface area contributed by atoms with Crippen molar-refractivity contribution < 1.29 is 4.79 Å². The molecule has 0 aromatic heterocycles. The SMILES string of the molecule is CCCC1NC(CC)N(CC2(SC)CCC2)C1=O. The number of carbonyl (C=O) groups excluding carboxylic acids is 1. The van der Waals surface area contributed by atoms with Gasteiger partial charge in [0.05, 0.1) is 12.2 Å². The fraction of sp³-hybridized carbons (Fsp3) is 0.929. The largest absolute Gasteiger partial charge is 0.324 e. The lowest BCUT2D eigenvalue weighted by Gasteiger charge is -2.44. The van der Waals surface area contributed by atoms with Gasteiger partial charge in [0.15, 0.2) is 0 Å². The molecule has 1 heterocycles. The average Bonchev–Trinajstić information content (AvgIpc) is 2.62. The minimum absolute atomic E-state index is 0.0685. The highest BCUT2D eigenvalue weighted by molar-refractivity contribution is 8.00. The fourth-order valence-corrected chi connectivity index (χ4v) is 4.04. The van der Waals surface area contributed by atoms with Gasteiger partial charge in [0.1, 0.15) is 0 Å². The van der Waals surface area contributed by atoms with Crippen LogP contribution in [0.3, 0.4) is 0 Å². The molecule has 18 heavy (non-hydrogen) atoms. The lowest BCUT2D eigenvalue weighted by molar-refractivity contribution is -0.130. The Hall–Kier alpha value is -0.220. The van der Waals surface area contributed by atoms with Crippen molar-refractivity contribution in [2.75, 3.05) is 12.8 Å². The van der Waals surface area contributed by atoms with Crippen molar-refractivity contribution in [1.29, 1.82) is 0 Å². The van der Waals surface area contributed by atoms with Crippen LogP contribution in [0, 0.1) is 0 Å². The van der Waals surface area contributed by atoms with Gasteiger partial charge in [-0.05, 0) is 31.9 Å². The second-order valence-electron chi connectivity index (χ2n) is 5.64. The third kappa shape index (κ3) is 2.55. The van der Waals surface area contributed by atoms with E-state index < -0.39 is 0 Å². The van der Waals surface area contributed by atoms with Gasteiger partial charge in [0.2, 0.25) is 5.91 Å². The highest BCUT2D eigenvalue weighted by atomic mass is 32.2. The van der Waals surface area contributed by atoms with E-state index >= 15 is 0 Å². The number of nitrogens with zero attached hydrogens (tertiary/aromatic N) is 1. The summed E-state index contributed by atoms with van der Waals surface area (Å²) in [6.07, 6.45) is 9.37. The summed E-state index contributed by atoms with van der Waals surface area (Å²) in [4.78, 5) is 14.6. The van der Waals surface area contributed by atoms with Gasteiger partial charge in [-0.15, -0.1) is 0 Å². The Balaban J connectivity index is 2.03. The van der Waals surface area contributed by atoms with E-state index in [1.165, 1.54) is 19.3 Å². The predicted octanol–water partition coefficient (Wildman–Crippen LogP) is 2.61. The summed E-state index contributed by atoms with van der Waals surface area (Å²) in [7, 11) is 0. The Bertz CT molecular complexity index is 299. The Labute approximate surface area is 115 Å². The number of carbonyl (C=O) groups is 1. The third-order valence-corrected chi connectivity index (χ3v) is 5.87. The Morgan fingerprint density at radius 2 is 2.17 bits per heavy atom. The summed E-state index contributed by atoms with van der Waals surface area (Å²) in [5.41, 5.74) is 0. The van der Waals surface area contributed by atoms with Crippen molar-refractivity contribution in [3.63, 3.8) is 0 Å². The zero-order valence-electron chi connectivity index (χ0n) is 11.9. The van der Waals surface area contributed by atoms with Gasteiger partial charge < -0.3 is 4.90 Å². The van der Waals surface area contributed by atoms with Crippen LogP contribution >= 0.6 is 11.8 Å². The lowest BCUT2D eigenvalue weighted by atomic mass is 9.83. The topological polar surface area (TPSA) is 32.3 Å². The van der Waals surface area contributed by atoms with E-state index in [1.807, 2.05) is 11.8 Å².